The fraction of sp³-hybridized carbons (Fsp3) is 0.188. The van der Waals surface area contributed by atoms with Crippen LogP contribution in [0.2, 0.25) is 0 Å². The number of ether oxygens (including phenoxy) is 1. The van der Waals surface area contributed by atoms with Gasteiger partial charge in [0.2, 0.25) is 0 Å². The summed E-state index contributed by atoms with van der Waals surface area (Å²) in [5, 5.41) is 5.04. The van der Waals surface area contributed by atoms with Crippen molar-refractivity contribution in [3.05, 3.63) is 54.3 Å². The first kappa shape index (κ1) is 17.7. The maximum atomic E-state index is 12.8. The molecule has 0 aliphatic rings. The highest BCUT2D eigenvalue weighted by Crippen LogP contribution is 2.15. The number of halogens is 1. The van der Waals surface area contributed by atoms with Crippen LogP contribution in [0.5, 0.6) is 5.75 Å². The van der Waals surface area contributed by atoms with E-state index in [0.29, 0.717) is 11.4 Å². The van der Waals surface area contributed by atoms with E-state index in [1.54, 1.807) is 24.3 Å². The van der Waals surface area contributed by atoms with Crippen LogP contribution in [0.25, 0.3) is 0 Å². The molecule has 6 nitrogen and oxygen atoms in total. The van der Waals surface area contributed by atoms with Crippen LogP contribution in [0.1, 0.15) is 0 Å². The molecule has 2 aromatic carbocycles. The lowest BCUT2D eigenvalue weighted by Crippen LogP contribution is -2.32. The SMILES string of the molecule is COc1ccc(NC(=O)NCCS(=O)(=O)c2ccc(F)cc2)cc1. The van der Waals surface area contributed by atoms with E-state index in [0.717, 1.165) is 12.1 Å². The topological polar surface area (TPSA) is 84.5 Å². The molecule has 0 bridgehead atoms. The molecule has 128 valence electrons. The van der Waals surface area contributed by atoms with Gasteiger partial charge in [-0.15, -0.1) is 0 Å². The van der Waals surface area contributed by atoms with Gasteiger partial charge in [-0.05, 0) is 48.5 Å². The van der Waals surface area contributed by atoms with Crippen molar-refractivity contribution in [3.63, 3.8) is 0 Å². The fourth-order valence-corrected chi connectivity index (χ4v) is 3.07. The molecule has 0 spiro atoms. The lowest BCUT2D eigenvalue weighted by molar-refractivity contribution is 0.252. The minimum atomic E-state index is -3.58. The monoisotopic (exact) mass is 352 g/mol. The average molecular weight is 352 g/mol. The Balaban J connectivity index is 1.84. The molecular weight excluding hydrogens is 335 g/mol. The molecule has 0 aromatic heterocycles. The Bertz CT molecular complexity index is 790. The number of hydrogen-bond donors (Lipinski definition) is 2. The van der Waals surface area contributed by atoms with E-state index in [1.807, 2.05) is 0 Å². The van der Waals surface area contributed by atoms with E-state index in [2.05, 4.69) is 10.6 Å². The quantitative estimate of drug-likeness (QED) is 0.782. The number of nitrogens with one attached hydrogen (secondary N) is 2. The highest BCUT2D eigenvalue weighted by Gasteiger charge is 2.14. The molecule has 2 amide bonds. The van der Waals surface area contributed by atoms with Gasteiger partial charge in [-0.25, -0.2) is 17.6 Å². The van der Waals surface area contributed by atoms with Crippen molar-refractivity contribution in [3.8, 4) is 5.75 Å². The van der Waals surface area contributed by atoms with Gasteiger partial charge in [0.1, 0.15) is 11.6 Å². The zero-order valence-corrected chi connectivity index (χ0v) is 13.8. The maximum absolute atomic E-state index is 12.8. The first-order valence-electron chi connectivity index (χ1n) is 7.08. The summed E-state index contributed by atoms with van der Waals surface area (Å²) in [6.07, 6.45) is 0. The number of hydrogen-bond acceptors (Lipinski definition) is 4. The molecule has 0 fully saturated rings. The second kappa shape index (κ2) is 7.78. The number of anilines is 1. The van der Waals surface area contributed by atoms with E-state index >= 15 is 0 Å². The fourth-order valence-electron chi connectivity index (χ4n) is 1.91. The lowest BCUT2D eigenvalue weighted by atomic mass is 10.3. The molecule has 24 heavy (non-hydrogen) atoms. The molecule has 0 saturated heterocycles. The van der Waals surface area contributed by atoms with Crippen LogP contribution in [0, 0.1) is 5.82 Å². The zero-order valence-electron chi connectivity index (χ0n) is 13.0. The van der Waals surface area contributed by atoms with Gasteiger partial charge in [0, 0.05) is 12.2 Å². The van der Waals surface area contributed by atoms with Crippen molar-refractivity contribution in [2.45, 2.75) is 4.90 Å². The standard InChI is InChI=1S/C16H17FN2O4S/c1-23-14-6-4-13(5-7-14)19-16(20)18-10-11-24(21,22)15-8-2-12(17)3-9-15/h2-9H,10-11H2,1H3,(H2,18,19,20). The van der Waals surface area contributed by atoms with Crippen LogP contribution in [-0.2, 0) is 9.84 Å². The van der Waals surface area contributed by atoms with Crippen molar-refractivity contribution >= 4 is 21.6 Å². The molecule has 8 heteroatoms. The van der Waals surface area contributed by atoms with Crippen LogP contribution in [0.4, 0.5) is 14.9 Å². The number of carbonyl (C=O) groups is 1. The van der Waals surface area contributed by atoms with E-state index in [-0.39, 0.29) is 17.2 Å². The number of rotatable bonds is 6. The third-order valence-electron chi connectivity index (χ3n) is 3.18. The number of methoxy groups -OCH3 is 1. The molecule has 2 rings (SSSR count). The third kappa shape index (κ3) is 4.95. The first-order chi connectivity index (χ1) is 11.4. The molecule has 2 N–H and O–H groups in total. The lowest BCUT2D eigenvalue weighted by Gasteiger charge is -2.09. The van der Waals surface area contributed by atoms with Crippen molar-refractivity contribution in [1.29, 1.82) is 0 Å². The summed E-state index contributed by atoms with van der Waals surface area (Å²) >= 11 is 0. The predicted octanol–water partition coefficient (Wildman–Crippen LogP) is 2.43. The van der Waals surface area contributed by atoms with Crippen LogP contribution in [0.15, 0.2) is 53.4 Å². The number of sulfone groups is 1. The van der Waals surface area contributed by atoms with E-state index < -0.39 is 21.7 Å². The maximum Gasteiger partial charge on any atom is 0.319 e. The molecule has 0 radical (unpaired) electrons. The molecule has 0 atom stereocenters. The van der Waals surface area contributed by atoms with Crippen LogP contribution in [0.3, 0.4) is 0 Å². The molecule has 0 saturated carbocycles. The second-order valence-corrected chi connectivity index (χ2v) is 6.99. The van der Waals surface area contributed by atoms with Gasteiger partial charge in [0.25, 0.3) is 0 Å². The van der Waals surface area contributed by atoms with Gasteiger partial charge in [-0.3, -0.25) is 0 Å². The highest BCUT2D eigenvalue weighted by atomic mass is 32.2. The molecule has 0 aliphatic carbocycles. The summed E-state index contributed by atoms with van der Waals surface area (Å²) in [7, 11) is -2.04. The Hall–Kier alpha value is -2.61. The Labute approximate surface area is 139 Å². The largest absolute Gasteiger partial charge is 0.497 e. The second-order valence-electron chi connectivity index (χ2n) is 4.88. The normalized spacial score (nSPS) is 10.9. The van der Waals surface area contributed by atoms with Crippen molar-refractivity contribution < 1.29 is 22.3 Å². The summed E-state index contributed by atoms with van der Waals surface area (Å²) in [6, 6.07) is 10.7. The van der Waals surface area contributed by atoms with Gasteiger partial charge in [0.05, 0.1) is 17.8 Å². The molecule has 0 heterocycles. The van der Waals surface area contributed by atoms with Crippen LogP contribution >= 0.6 is 0 Å². The van der Waals surface area contributed by atoms with Crippen molar-refractivity contribution in [2.24, 2.45) is 0 Å². The zero-order chi connectivity index (χ0) is 17.6. The van der Waals surface area contributed by atoms with E-state index in [4.69, 9.17) is 4.74 Å². The Morgan fingerprint density at radius 1 is 1.08 bits per heavy atom. The van der Waals surface area contributed by atoms with Crippen LogP contribution in [-0.4, -0.2) is 33.9 Å². The van der Waals surface area contributed by atoms with Gasteiger partial charge >= 0.3 is 6.03 Å². The van der Waals surface area contributed by atoms with Crippen LogP contribution < -0.4 is 15.4 Å². The summed E-state index contributed by atoms with van der Waals surface area (Å²) in [4.78, 5) is 11.8. The van der Waals surface area contributed by atoms with Gasteiger partial charge in [0.15, 0.2) is 9.84 Å². The number of benzene rings is 2. The highest BCUT2D eigenvalue weighted by molar-refractivity contribution is 7.91. The Morgan fingerprint density at radius 3 is 2.29 bits per heavy atom. The van der Waals surface area contributed by atoms with Crippen molar-refractivity contribution in [2.75, 3.05) is 24.7 Å². The number of amides is 2. The van der Waals surface area contributed by atoms with E-state index in [1.165, 1.54) is 19.2 Å². The summed E-state index contributed by atoms with van der Waals surface area (Å²) < 4.78 is 41.9. The Morgan fingerprint density at radius 2 is 1.71 bits per heavy atom. The number of carbonyl (C=O) groups excluding carboxylic acids is 1. The van der Waals surface area contributed by atoms with E-state index in [9.17, 15) is 17.6 Å². The summed E-state index contributed by atoms with van der Waals surface area (Å²) in [6.45, 7) is -0.0678. The summed E-state index contributed by atoms with van der Waals surface area (Å²) in [5.41, 5.74) is 0.551. The third-order valence-corrected chi connectivity index (χ3v) is 4.91. The minimum Gasteiger partial charge on any atom is -0.497 e. The van der Waals surface area contributed by atoms with Gasteiger partial charge in [-0.1, -0.05) is 0 Å². The molecular formula is C16H17FN2O4S. The molecule has 2 aromatic rings. The van der Waals surface area contributed by atoms with Gasteiger partial charge < -0.3 is 15.4 Å². The van der Waals surface area contributed by atoms with Gasteiger partial charge in [-0.2, -0.15) is 0 Å². The Kier molecular flexibility index (Phi) is 5.75. The van der Waals surface area contributed by atoms with Crippen molar-refractivity contribution in [1.82, 2.24) is 5.32 Å². The minimum absolute atomic E-state index is 0.0151. The summed E-state index contributed by atoms with van der Waals surface area (Å²) in [5.74, 6) is -0.133. The number of urea groups is 1. The average Bonchev–Trinajstić information content (AvgIpc) is 2.56. The first-order valence-corrected chi connectivity index (χ1v) is 8.73. The predicted molar refractivity (Wildman–Crippen MR) is 88.5 cm³/mol. The molecule has 0 aliphatic heterocycles. The molecule has 0 unspecified atom stereocenters. The smallest absolute Gasteiger partial charge is 0.319 e.